The monoisotopic (exact) mass is 643 g/mol. The number of aromatic nitrogens is 3. The fourth-order valence-corrected chi connectivity index (χ4v) is 8.69. The van der Waals surface area contributed by atoms with Crippen LogP contribution in [0.3, 0.4) is 0 Å². The van der Waals surface area contributed by atoms with Crippen molar-refractivity contribution in [1.82, 2.24) is 14.5 Å². The number of para-hydroxylation sites is 2. The number of hydrogen-bond acceptors (Lipinski definition) is 4. The van der Waals surface area contributed by atoms with Crippen LogP contribution in [0.25, 0.3) is 103 Å². The minimum absolute atomic E-state index is 0.674. The maximum Gasteiger partial charge on any atom is 0.161 e. The lowest BCUT2D eigenvalue weighted by molar-refractivity contribution is 0.669. The molecule has 0 saturated heterocycles. The minimum Gasteiger partial charge on any atom is -0.456 e. The first kappa shape index (κ1) is 26.7. The average Bonchev–Trinajstić information content (AvgIpc) is 3.83. The van der Waals surface area contributed by atoms with Crippen LogP contribution in [0.4, 0.5) is 0 Å². The van der Waals surface area contributed by atoms with Crippen LogP contribution in [0, 0.1) is 0 Å². The van der Waals surface area contributed by atoms with Crippen molar-refractivity contribution in [2.75, 3.05) is 0 Å². The molecule has 49 heavy (non-hydrogen) atoms. The highest BCUT2D eigenvalue weighted by Crippen LogP contribution is 2.43. The summed E-state index contributed by atoms with van der Waals surface area (Å²) in [5, 5.41) is 9.28. The van der Waals surface area contributed by atoms with Crippen LogP contribution in [-0.2, 0) is 0 Å². The Kier molecular flexibility index (Phi) is 5.51. The molecule has 5 heteroatoms. The van der Waals surface area contributed by atoms with E-state index in [1.807, 2.05) is 18.2 Å². The Bertz CT molecular complexity index is 3110. The van der Waals surface area contributed by atoms with Gasteiger partial charge in [0.15, 0.2) is 5.82 Å². The predicted molar refractivity (Wildman–Crippen MR) is 205 cm³/mol. The Balaban J connectivity index is 1.28. The van der Waals surface area contributed by atoms with Crippen LogP contribution in [0.2, 0.25) is 0 Å². The lowest BCUT2D eigenvalue weighted by atomic mass is 10.0. The molecule has 11 rings (SSSR count). The second-order valence-electron chi connectivity index (χ2n) is 12.6. The highest BCUT2D eigenvalue weighted by molar-refractivity contribution is 7.25. The SMILES string of the molecule is c1ccc(-c2nc(-c3cc(-n4c5ccccc5c5cc6ccccc6cc54)c4c(c3)oc3ccccc34)nc3sc4ccccc4c23)cc1. The first-order valence-electron chi connectivity index (χ1n) is 16.4. The molecule has 7 aromatic carbocycles. The Labute approximate surface area is 284 Å². The molecule has 0 fully saturated rings. The van der Waals surface area contributed by atoms with E-state index >= 15 is 0 Å². The Morgan fingerprint density at radius 1 is 0.490 bits per heavy atom. The quantitative estimate of drug-likeness (QED) is 0.192. The van der Waals surface area contributed by atoms with E-state index in [1.165, 1.54) is 31.6 Å². The van der Waals surface area contributed by atoms with Crippen molar-refractivity contribution in [2.45, 2.75) is 0 Å². The van der Waals surface area contributed by atoms with Crippen molar-refractivity contribution in [2.24, 2.45) is 0 Å². The fraction of sp³-hybridized carbons (Fsp3) is 0. The molecule has 0 spiro atoms. The van der Waals surface area contributed by atoms with Crippen molar-refractivity contribution in [3.63, 3.8) is 0 Å². The summed E-state index contributed by atoms with van der Waals surface area (Å²) in [4.78, 5) is 11.6. The minimum atomic E-state index is 0.674. The maximum atomic E-state index is 6.63. The van der Waals surface area contributed by atoms with Gasteiger partial charge in [0.1, 0.15) is 16.0 Å². The van der Waals surface area contributed by atoms with E-state index in [-0.39, 0.29) is 0 Å². The summed E-state index contributed by atoms with van der Waals surface area (Å²) in [5.41, 5.74) is 7.91. The Morgan fingerprint density at radius 2 is 1.20 bits per heavy atom. The van der Waals surface area contributed by atoms with Gasteiger partial charge in [-0.1, -0.05) is 109 Å². The molecule has 0 atom stereocenters. The third-order valence-corrected chi connectivity index (χ3v) is 10.8. The number of thiophene rings is 1. The maximum absolute atomic E-state index is 6.63. The van der Waals surface area contributed by atoms with Crippen LogP contribution in [0.5, 0.6) is 0 Å². The third-order valence-electron chi connectivity index (χ3n) is 9.78. The van der Waals surface area contributed by atoms with Crippen molar-refractivity contribution < 1.29 is 4.42 Å². The van der Waals surface area contributed by atoms with E-state index in [9.17, 15) is 0 Å². The molecule has 0 aliphatic carbocycles. The van der Waals surface area contributed by atoms with E-state index in [1.54, 1.807) is 11.3 Å². The van der Waals surface area contributed by atoms with Gasteiger partial charge < -0.3 is 8.98 Å². The highest BCUT2D eigenvalue weighted by Gasteiger charge is 2.22. The molecule has 0 bridgehead atoms. The molecule has 4 heterocycles. The fourth-order valence-electron chi connectivity index (χ4n) is 7.61. The van der Waals surface area contributed by atoms with Crippen LogP contribution in [-0.4, -0.2) is 14.5 Å². The molecule has 0 aliphatic heterocycles. The molecule has 0 unspecified atom stereocenters. The van der Waals surface area contributed by atoms with Gasteiger partial charge in [-0.25, -0.2) is 9.97 Å². The molecular weight excluding hydrogens is 619 g/mol. The summed E-state index contributed by atoms with van der Waals surface area (Å²) in [6.45, 7) is 0. The van der Waals surface area contributed by atoms with E-state index < -0.39 is 0 Å². The van der Waals surface area contributed by atoms with Crippen molar-refractivity contribution >= 4 is 86.2 Å². The van der Waals surface area contributed by atoms with Gasteiger partial charge in [-0.3, -0.25) is 0 Å². The van der Waals surface area contributed by atoms with Gasteiger partial charge in [-0.15, -0.1) is 11.3 Å². The van der Waals surface area contributed by atoms with Gasteiger partial charge in [-0.05, 0) is 53.2 Å². The molecule has 0 N–H and O–H groups in total. The summed E-state index contributed by atoms with van der Waals surface area (Å²) in [5.74, 6) is 0.674. The lowest BCUT2D eigenvalue weighted by Gasteiger charge is -2.13. The standard InChI is InChI=1S/C44H25N3OS/c1-2-12-26(13-3-1)42-41-32-18-8-11-21-39(32)49-44(41)46-43(45-42)29-24-36(40-31-17-7-10-20-37(31)48-38(40)25-29)47-34-19-9-6-16-30(34)33-22-27-14-4-5-15-28(27)23-35(33)47/h1-25H. The summed E-state index contributed by atoms with van der Waals surface area (Å²) < 4.78 is 10.2. The van der Waals surface area contributed by atoms with Crippen LogP contribution in [0.15, 0.2) is 156 Å². The molecule has 228 valence electrons. The average molecular weight is 644 g/mol. The van der Waals surface area contributed by atoms with Gasteiger partial charge in [0.25, 0.3) is 0 Å². The molecule has 0 amide bonds. The van der Waals surface area contributed by atoms with E-state index in [0.29, 0.717) is 5.82 Å². The largest absolute Gasteiger partial charge is 0.456 e. The summed E-state index contributed by atoms with van der Waals surface area (Å²) in [6, 6.07) is 53.6. The van der Waals surface area contributed by atoms with Crippen molar-refractivity contribution in [3.05, 3.63) is 152 Å². The van der Waals surface area contributed by atoms with Crippen LogP contribution in [0.1, 0.15) is 0 Å². The molecule has 11 aromatic rings. The zero-order chi connectivity index (χ0) is 32.1. The number of nitrogens with zero attached hydrogens (tertiary/aromatic N) is 3. The van der Waals surface area contributed by atoms with Crippen LogP contribution < -0.4 is 0 Å². The smallest absolute Gasteiger partial charge is 0.161 e. The summed E-state index contributed by atoms with van der Waals surface area (Å²) in [6.07, 6.45) is 0. The number of benzene rings is 7. The zero-order valence-electron chi connectivity index (χ0n) is 26.1. The Hall–Kier alpha value is -6.30. The highest BCUT2D eigenvalue weighted by atomic mass is 32.1. The molecule has 4 nitrogen and oxygen atoms in total. The number of hydrogen-bond donors (Lipinski definition) is 0. The predicted octanol–water partition coefficient (Wildman–Crippen LogP) is 12.3. The summed E-state index contributed by atoms with van der Waals surface area (Å²) in [7, 11) is 0. The lowest BCUT2D eigenvalue weighted by Crippen LogP contribution is -1.98. The van der Waals surface area contributed by atoms with Gasteiger partial charge in [-0.2, -0.15) is 0 Å². The number of fused-ring (bicyclic) bond motifs is 10. The van der Waals surface area contributed by atoms with E-state index in [4.69, 9.17) is 14.4 Å². The topological polar surface area (TPSA) is 43.9 Å². The van der Waals surface area contributed by atoms with Gasteiger partial charge in [0, 0.05) is 42.8 Å². The van der Waals surface area contributed by atoms with Gasteiger partial charge >= 0.3 is 0 Å². The summed E-state index contributed by atoms with van der Waals surface area (Å²) >= 11 is 1.71. The third kappa shape index (κ3) is 3.91. The van der Waals surface area contributed by atoms with E-state index in [0.717, 1.165) is 65.7 Å². The van der Waals surface area contributed by atoms with Crippen LogP contribution >= 0.6 is 11.3 Å². The second-order valence-corrected chi connectivity index (χ2v) is 13.6. The number of furan rings is 1. The molecule has 0 aliphatic rings. The first-order valence-corrected chi connectivity index (χ1v) is 17.2. The van der Waals surface area contributed by atoms with E-state index in [2.05, 4.69) is 138 Å². The first-order chi connectivity index (χ1) is 24.3. The van der Waals surface area contributed by atoms with Crippen molar-refractivity contribution in [3.8, 4) is 28.3 Å². The second kappa shape index (κ2) is 10.1. The normalized spacial score (nSPS) is 12.1. The van der Waals surface area contributed by atoms with Gasteiger partial charge in [0.2, 0.25) is 0 Å². The van der Waals surface area contributed by atoms with Crippen molar-refractivity contribution in [1.29, 1.82) is 0 Å². The molecule has 0 saturated carbocycles. The molecule has 4 aromatic heterocycles. The zero-order valence-corrected chi connectivity index (χ0v) is 26.9. The van der Waals surface area contributed by atoms with Gasteiger partial charge in [0.05, 0.1) is 27.8 Å². The number of rotatable bonds is 3. The Morgan fingerprint density at radius 3 is 2.08 bits per heavy atom. The molecule has 0 radical (unpaired) electrons. The molecular formula is C44H25N3OS.